The van der Waals surface area contributed by atoms with E-state index in [0.29, 0.717) is 42.0 Å². The van der Waals surface area contributed by atoms with Crippen molar-refractivity contribution in [1.82, 2.24) is 5.32 Å². The Morgan fingerprint density at radius 2 is 2.08 bits per heavy atom. The number of hydrogen-bond donors (Lipinski definition) is 2. The summed E-state index contributed by atoms with van der Waals surface area (Å²) in [6.07, 6.45) is 1.77. The van der Waals surface area contributed by atoms with E-state index in [1.165, 1.54) is 0 Å². The second-order valence-electron chi connectivity index (χ2n) is 6.14. The smallest absolute Gasteiger partial charge is 0.232 e. The van der Waals surface area contributed by atoms with Gasteiger partial charge in [-0.3, -0.25) is 14.4 Å². The minimum Gasteiger partial charge on any atom is -0.497 e. The normalized spacial score (nSPS) is 20.3. The minimum atomic E-state index is -0.729. The Labute approximate surface area is 140 Å². The molecule has 0 unspecified atom stereocenters. The molecule has 0 radical (unpaired) electrons. The first-order valence-corrected chi connectivity index (χ1v) is 8.01. The van der Waals surface area contributed by atoms with Gasteiger partial charge in [0.15, 0.2) is 5.78 Å². The molecule has 1 heterocycles. The summed E-state index contributed by atoms with van der Waals surface area (Å²) in [6.45, 7) is 1.87. The molecule has 24 heavy (non-hydrogen) atoms. The van der Waals surface area contributed by atoms with Crippen LogP contribution < -0.4 is 15.4 Å². The zero-order chi connectivity index (χ0) is 17.3. The number of carbonyl (C=O) groups is 3. The predicted octanol–water partition coefficient (Wildman–Crippen LogP) is 2.09. The van der Waals surface area contributed by atoms with E-state index in [2.05, 4.69) is 10.6 Å². The van der Waals surface area contributed by atoms with Crippen LogP contribution in [0.15, 0.2) is 29.5 Å². The predicted molar refractivity (Wildman–Crippen MR) is 88.5 cm³/mol. The fraction of sp³-hybridized carbons (Fsp3) is 0.389. The van der Waals surface area contributed by atoms with E-state index in [4.69, 9.17) is 4.74 Å². The Kier molecular flexibility index (Phi) is 4.38. The van der Waals surface area contributed by atoms with Crippen LogP contribution in [0.5, 0.6) is 5.75 Å². The molecule has 1 atom stereocenters. The van der Waals surface area contributed by atoms with Crippen LogP contribution in [0.4, 0.5) is 5.69 Å². The standard InChI is InChI=1S/C18H20N2O4/c1-10-6-7-11(24-2)8-14(10)20-18(23)12-9-16(22)19-13-4-3-5-15(21)17(12)13/h6-8,12H,3-5,9H2,1-2H3,(H,19,22)(H,20,23)/t12-/m1/s1. The van der Waals surface area contributed by atoms with Crippen molar-refractivity contribution in [2.75, 3.05) is 12.4 Å². The van der Waals surface area contributed by atoms with Crippen LogP contribution in [0.1, 0.15) is 31.2 Å². The van der Waals surface area contributed by atoms with Crippen LogP contribution in [-0.4, -0.2) is 24.7 Å². The van der Waals surface area contributed by atoms with Gasteiger partial charge >= 0.3 is 0 Å². The van der Waals surface area contributed by atoms with Crippen LogP contribution in [0.2, 0.25) is 0 Å². The summed E-state index contributed by atoms with van der Waals surface area (Å²) in [5.41, 5.74) is 2.59. The third kappa shape index (κ3) is 3.04. The van der Waals surface area contributed by atoms with E-state index in [1.54, 1.807) is 13.2 Å². The second-order valence-corrected chi connectivity index (χ2v) is 6.14. The van der Waals surface area contributed by atoms with Gasteiger partial charge in [-0.1, -0.05) is 6.07 Å². The average molecular weight is 328 g/mol. The highest BCUT2D eigenvalue weighted by atomic mass is 16.5. The summed E-state index contributed by atoms with van der Waals surface area (Å²) in [4.78, 5) is 36.9. The highest BCUT2D eigenvalue weighted by molar-refractivity contribution is 6.09. The van der Waals surface area contributed by atoms with E-state index in [9.17, 15) is 14.4 Å². The summed E-state index contributed by atoms with van der Waals surface area (Å²) in [6, 6.07) is 5.39. The molecule has 1 aliphatic heterocycles. The number of Topliss-reactive ketones (excluding diaryl/α,β-unsaturated/α-hetero) is 1. The lowest BCUT2D eigenvalue weighted by Gasteiger charge is -2.30. The van der Waals surface area contributed by atoms with Gasteiger partial charge in [0.2, 0.25) is 11.8 Å². The number of methoxy groups -OCH3 is 1. The summed E-state index contributed by atoms with van der Waals surface area (Å²) in [5, 5.41) is 5.59. The third-order valence-corrected chi connectivity index (χ3v) is 4.50. The molecule has 126 valence electrons. The van der Waals surface area contributed by atoms with Crippen LogP contribution in [0.25, 0.3) is 0 Å². The molecule has 1 aromatic rings. The fourth-order valence-electron chi connectivity index (χ4n) is 3.21. The maximum Gasteiger partial charge on any atom is 0.232 e. The molecular weight excluding hydrogens is 308 g/mol. The molecule has 6 heteroatoms. The summed E-state index contributed by atoms with van der Waals surface area (Å²) < 4.78 is 5.18. The van der Waals surface area contributed by atoms with E-state index in [1.807, 2.05) is 19.1 Å². The number of rotatable bonds is 3. The van der Waals surface area contributed by atoms with Crippen molar-refractivity contribution in [3.8, 4) is 5.75 Å². The largest absolute Gasteiger partial charge is 0.497 e. The quantitative estimate of drug-likeness (QED) is 0.890. The first-order valence-electron chi connectivity index (χ1n) is 8.01. The molecule has 6 nitrogen and oxygen atoms in total. The van der Waals surface area contributed by atoms with Gasteiger partial charge in [-0.05, 0) is 31.4 Å². The monoisotopic (exact) mass is 328 g/mol. The van der Waals surface area contributed by atoms with Gasteiger partial charge < -0.3 is 15.4 Å². The van der Waals surface area contributed by atoms with E-state index >= 15 is 0 Å². The molecular formula is C18H20N2O4. The number of nitrogens with one attached hydrogen (secondary N) is 2. The Bertz CT molecular complexity index is 751. The molecule has 0 saturated heterocycles. The number of hydrogen-bond acceptors (Lipinski definition) is 4. The van der Waals surface area contributed by atoms with E-state index in [0.717, 1.165) is 5.56 Å². The van der Waals surface area contributed by atoms with Gasteiger partial charge in [-0.25, -0.2) is 0 Å². The molecule has 2 amide bonds. The van der Waals surface area contributed by atoms with Crippen LogP contribution in [0.3, 0.4) is 0 Å². The Morgan fingerprint density at radius 3 is 2.83 bits per heavy atom. The van der Waals surface area contributed by atoms with Gasteiger partial charge in [0.1, 0.15) is 5.75 Å². The molecule has 2 aliphatic rings. The molecule has 0 saturated carbocycles. The van der Waals surface area contributed by atoms with Crippen molar-refractivity contribution in [3.05, 3.63) is 35.0 Å². The summed E-state index contributed by atoms with van der Waals surface area (Å²) in [5.74, 6) is -0.688. The summed E-state index contributed by atoms with van der Waals surface area (Å²) in [7, 11) is 1.56. The number of allylic oxidation sites excluding steroid dienone is 1. The molecule has 0 bridgehead atoms. The molecule has 3 rings (SSSR count). The van der Waals surface area contributed by atoms with Crippen LogP contribution >= 0.6 is 0 Å². The molecule has 0 spiro atoms. The number of ether oxygens (including phenoxy) is 1. The molecule has 0 fully saturated rings. The lowest BCUT2D eigenvalue weighted by atomic mass is 9.81. The lowest BCUT2D eigenvalue weighted by molar-refractivity contribution is -0.128. The number of benzene rings is 1. The van der Waals surface area contributed by atoms with Crippen molar-refractivity contribution < 1.29 is 19.1 Å². The van der Waals surface area contributed by atoms with Crippen LogP contribution in [0, 0.1) is 12.8 Å². The zero-order valence-corrected chi connectivity index (χ0v) is 13.8. The van der Waals surface area contributed by atoms with Crippen molar-refractivity contribution in [2.24, 2.45) is 5.92 Å². The molecule has 1 aromatic carbocycles. The fourth-order valence-corrected chi connectivity index (χ4v) is 3.21. The Hall–Kier alpha value is -2.63. The zero-order valence-electron chi connectivity index (χ0n) is 13.8. The number of amides is 2. The van der Waals surface area contributed by atoms with Gasteiger partial charge in [-0.15, -0.1) is 0 Å². The SMILES string of the molecule is COc1ccc(C)c(NC(=O)[C@@H]2CC(=O)NC3=C2C(=O)CCC3)c1. The second kappa shape index (κ2) is 6.47. The van der Waals surface area contributed by atoms with Crippen molar-refractivity contribution >= 4 is 23.3 Å². The number of carbonyl (C=O) groups excluding carboxylic acids is 3. The highest BCUT2D eigenvalue weighted by Crippen LogP contribution is 2.33. The number of anilines is 1. The van der Waals surface area contributed by atoms with Gasteiger partial charge in [0.25, 0.3) is 0 Å². The first-order chi connectivity index (χ1) is 11.5. The number of ketones is 1. The van der Waals surface area contributed by atoms with Crippen molar-refractivity contribution in [3.63, 3.8) is 0 Å². The van der Waals surface area contributed by atoms with Crippen molar-refractivity contribution in [1.29, 1.82) is 0 Å². The maximum atomic E-state index is 12.7. The molecule has 1 aliphatic carbocycles. The van der Waals surface area contributed by atoms with Gasteiger partial charge in [0, 0.05) is 35.9 Å². The highest BCUT2D eigenvalue weighted by Gasteiger charge is 2.37. The topological polar surface area (TPSA) is 84.5 Å². The molecule has 2 N–H and O–H groups in total. The average Bonchev–Trinajstić information content (AvgIpc) is 2.56. The Balaban J connectivity index is 1.89. The maximum absolute atomic E-state index is 12.7. The van der Waals surface area contributed by atoms with E-state index < -0.39 is 5.92 Å². The lowest BCUT2D eigenvalue weighted by Crippen LogP contribution is -2.41. The van der Waals surface area contributed by atoms with Crippen molar-refractivity contribution in [2.45, 2.75) is 32.6 Å². The Morgan fingerprint density at radius 1 is 1.29 bits per heavy atom. The minimum absolute atomic E-state index is 0.000573. The third-order valence-electron chi connectivity index (χ3n) is 4.50. The van der Waals surface area contributed by atoms with Gasteiger partial charge in [-0.2, -0.15) is 0 Å². The number of aryl methyl sites for hydroxylation is 1. The summed E-state index contributed by atoms with van der Waals surface area (Å²) >= 11 is 0. The van der Waals surface area contributed by atoms with Crippen LogP contribution in [-0.2, 0) is 14.4 Å². The van der Waals surface area contributed by atoms with E-state index in [-0.39, 0.29) is 24.0 Å². The molecule has 0 aromatic heterocycles. The van der Waals surface area contributed by atoms with Gasteiger partial charge in [0.05, 0.1) is 13.0 Å². The first kappa shape index (κ1) is 16.2.